The van der Waals surface area contributed by atoms with Crippen LogP contribution in [0, 0.1) is 0 Å². The second-order valence-electron chi connectivity index (χ2n) is 7.41. The fourth-order valence-corrected chi connectivity index (χ4v) is 3.74. The van der Waals surface area contributed by atoms with Gasteiger partial charge in [-0.15, -0.1) is 0 Å². The smallest absolute Gasteiger partial charge is 0.338 e. The number of rotatable bonds is 6. The Morgan fingerprint density at radius 2 is 1.72 bits per heavy atom. The molecule has 0 radical (unpaired) electrons. The van der Waals surface area contributed by atoms with Gasteiger partial charge in [0.25, 0.3) is 5.91 Å². The number of benzene rings is 3. The summed E-state index contributed by atoms with van der Waals surface area (Å²) in [5.74, 6) is -0.742. The van der Waals surface area contributed by atoms with Crippen molar-refractivity contribution < 1.29 is 14.3 Å². The first kappa shape index (κ1) is 19.2. The monoisotopic (exact) mass is 388 g/mol. The van der Waals surface area contributed by atoms with Gasteiger partial charge in [-0.3, -0.25) is 9.69 Å². The Hall–Kier alpha value is -3.18. The Balaban J connectivity index is 1.24. The molecule has 1 aliphatic heterocycles. The molecule has 0 spiro atoms. The van der Waals surface area contributed by atoms with Gasteiger partial charge in [-0.25, -0.2) is 4.79 Å². The summed E-state index contributed by atoms with van der Waals surface area (Å²) >= 11 is 0. The molecule has 148 valence electrons. The highest BCUT2D eigenvalue weighted by Gasteiger charge is 2.24. The van der Waals surface area contributed by atoms with E-state index in [1.807, 2.05) is 48.5 Å². The standard InChI is InChI=1S/C24H24N2O3/c27-23(25-22-12-13-26(16-22)15-18-6-2-1-3-7-18)17-29-24(28)21-11-10-19-8-4-5-9-20(19)14-21/h1-11,14,22H,12-13,15-17H2,(H,25,27). The number of nitrogens with one attached hydrogen (secondary N) is 1. The quantitative estimate of drug-likeness (QED) is 0.658. The van der Waals surface area contributed by atoms with Crippen LogP contribution in [0.2, 0.25) is 0 Å². The summed E-state index contributed by atoms with van der Waals surface area (Å²) < 4.78 is 5.21. The highest BCUT2D eigenvalue weighted by Crippen LogP contribution is 2.16. The third kappa shape index (κ3) is 5.00. The number of carbonyl (C=O) groups is 2. The topological polar surface area (TPSA) is 58.6 Å². The lowest BCUT2D eigenvalue weighted by molar-refractivity contribution is -0.124. The van der Waals surface area contributed by atoms with E-state index in [0.717, 1.165) is 36.8 Å². The van der Waals surface area contributed by atoms with Crippen LogP contribution in [-0.4, -0.2) is 42.5 Å². The second-order valence-corrected chi connectivity index (χ2v) is 7.41. The Kier molecular flexibility index (Phi) is 5.86. The van der Waals surface area contributed by atoms with Crippen LogP contribution >= 0.6 is 0 Å². The molecule has 0 bridgehead atoms. The number of ether oxygens (including phenoxy) is 1. The van der Waals surface area contributed by atoms with Crippen molar-refractivity contribution in [3.63, 3.8) is 0 Å². The minimum Gasteiger partial charge on any atom is -0.452 e. The Morgan fingerprint density at radius 1 is 0.966 bits per heavy atom. The van der Waals surface area contributed by atoms with Crippen LogP contribution in [0.25, 0.3) is 10.8 Å². The van der Waals surface area contributed by atoms with Crippen molar-refractivity contribution in [1.29, 1.82) is 0 Å². The zero-order valence-electron chi connectivity index (χ0n) is 16.2. The molecule has 1 unspecified atom stereocenters. The van der Waals surface area contributed by atoms with E-state index in [4.69, 9.17) is 4.74 Å². The molecule has 0 saturated carbocycles. The van der Waals surface area contributed by atoms with Gasteiger partial charge in [-0.1, -0.05) is 60.7 Å². The van der Waals surface area contributed by atoms with Crippen LogP contribution in [0.4, 0.5) is 0 Å². The number of nitrogens with zero attached hydrogens (tertiary/aromatic N) is 1. The van der Waals surface area contributed by atoms with E-state index in [1.165, 1.54) is 5.56 Å². The van der Waals surface area contributed by atoms with Crippen molar-refractivity contribution in [2.45, 2.75) is 19.0 Å². The predicted molar refractivity (Wildman–Crippen MR) is 112 cm³/mol. The molecule has 5 nitrogen and oxygen atoms in total. The molecule has 1 aliphatic rings. The summed E-state index contributed by atoms with van der Waals surface area (Å²) in [6.45, 7) is 2.36. The Bertz CT molecular complexity index is 1000. The van der Waals surface area contributed by atoms with Crippen molar-refractivity contribution in [2.75, 3.05) is 19.7 Å². The van der Waals surface area contributed by atoms with Crippen molar-refractivity contribution in [2.24, 2.45) is 0 Å². The normalized spacial score (nSPS) is 16.6. The number of fused-ring (bicyclic) bond motifs is 1. The maximum Gasteiger partial charge on any atom is 0.338 e. The first-order valence-electron chi connectivity index (χ1n) is 9.89. The van der Waals surface area contributed by atoms with E-state index < -0.39 is 5.97 Å². The molecule has 1 amide bonds. The van der Waals surface area contributed by atoms with Gasteiger partial charge in [0.2, 0.25) is 0 Å². The van der Waals surface area contributed by atoms with Crippen LogP contribution in [0.15, 0.2) is 72.8 Å². The predicted octanol–water partition coefficient (Wildman–Crippen LogP) is 3.39. The van der Waals surface area contributed by atoms with Gasteiger partial charge in [-0.2, -0.15) is 0 Å². The van der Waals surface area contributed by atoms with Gasteiger partial charge in [-0.05, 0) is 34.9 Å². The highest BCUT2D eigenvalue weighted by atomic mass is 16.5. The molecule has 0 aromatic heterocycles. The molecule has 3 aromatic rings. The van der Waals surface area contributed by atoms with Crippen LogP contribution in [0.3, 0.4) is 0 Å². The zero-order valence-corrected chi connectivity index (χ0v) is 16.2. The molecule has 1 saturated heterocycles. The Morgan fingerprint density at radius 3 is 2.55 bits per heavy atom. The number of amides is 1. The molecule has 1 atom stereocenters. The number of hydrogen-bond donors (Lipinski definition) is 1. The highest BCUT2D eigenvalue weighted by molar-refractivity contribution is 5.96. The van der Waals surface area contributed by atoms with E-state index in [2.05, 4.69) is 22.3 Å². The molecule has 4 rings (SSSR count). The van der Waals surface area contributed by atoms with Gasteiger partial charge in [0.05, 0.1) is 5.56 Å². The maximum atomic E-state index is 12.3. The molecule has 1 N–H and O–H groups in total. The van der Waals surface area contributed by atoms with Crippen LogP contribution < -0.4 is 5.32 Å². The van der Waals surface area contributed by atoms with E-state index in [1.54, 1.807) is 12.1 Å². The Labute approximate surface area is 170 Å². The fourth-order valence-electron chi connectivity index (χ4n) is 3.74. The summed E-state index contributed by atoms with van der Waals surface area (Å²) in [6, 6.07) is 23.6. The fraction of sp³-hybridized carbons (Fsp3) is 0.250. The first-order valence-corrected chi connectivity index (χ1v) is 9.89. The molecule has 5 heteroatoms. The molecule has 1 heterocycles. The van der Waals surface area contributed by atoms with Gasteiger partial charge < -0.3 is 10.1 Å². The van der Waals surface area contributed by atoms with Crippen LogP contribution in [0.5, 0.6) is 0 Å². The minimum absolute atomic E-state index is 0.0885. The average Bonchev–Trinajstić information content (AvgIpc) is 3.19. The van der Waals surface area contributed by atoms with Crippen molar-refractivity contribution in [3.8, 4) is 0 Å². The zero-order chi connectivity index (χ0) is 20.1. The molecule has 3 aromatic carbocycles. The van der Waals surface area contributed by atoms with Crippen molar-refractivity contribution >= 4 is 22.6 Å². The minimum atomic E-state index is -0.483. The van der Waals surface area contributed by atoms with Crippen LogP contribution in [-0.2, 0) is 16.1 Å². The number of hydrogen-bond acceptors (Lipinski definition) is 4. The lowest BCUT2D eigenvalue weighted by Gasteiger charge is -2.16. The number of carbonyl (C=O) groups excluding carboxylic acids is 2. The molecule has 0 aliphatic carbocycles. The lowest BCUT2D eigenvalue weighted by Crippen LogP contribution is -2.39. The largest absolute Gasteiger partial charge is 0.452 e. The lowest BCUT2D eigenvalue weighted by atomic mass is 10.1. The van der Waals surface area contributed by atoms with E-state index in [9.17, 15) is 9.59 Å². The third-order valence-corrected chi connectivity index (χ3v) is 5.21. The van der Waals surface area contributed by atoms with Crippen molar-refractivity contribution in [3.05, 3.63) is 83.9 Å². The van der Waals surface area contributed by atoms with Gasteiger partial charge >= 0.3 is 5.97 Å². The molecular formula is C24H24N2O3. The first-order chi connectivity index (χ1) is 14.2. The van der Waals surface area contributed by atoms with Crippen molar-refractivity contribution in [1.82, 2.24) is 10.2 Å². The summed E-state index contributed by atoms with van der Waals surface area (Å²) in [7, 11) is 0. The average molecular weight is 388 g/mol. The van der Waals surface area contributed by atoms with Gasteiger partial charge in [0.1, 0.15) is 0 Å². The SMILES string of the molecule is O=C(COC(=O)c1ccc2ccccc2c1)NC1CCN(Cc2ccccc2)C1. The van der Waals surface area contributed by atoms with Gasteiger partial charge in [0.15, 0.2) is 6.61 Å². The summed E-state index contributed by atoms with van der Waals surface area (Å²) in [5.41, 5.74) is 1.72. The van der Waals surface area contributed by atoms with E-state index >= 15 is 0 Å². The van der Waals surface area contributed by atoms with Crippen LogP contribution in [0.1, 0.15) is 22.3 Å². The van der Waals surface area contributed by atoms with E-state index in [0.29, 0.717) is 5.56 Å². The second kappa shape index (κ2) is 8.88. The number of likely N-dealkylation sites (tertiary alicyclic amines) is 1. The molecule has 29 heavy (non-hydrogen) atoms. The van der Waals surface area contributed by atoms with Gasteiger partial charge in [0, 0.05) is 25.7 Å². The summed E-state index contributed by atoms with van der Waals surface area (Å²) in [6.07, 6.45) is 0.900. The molecule has 1 fully saturated rings. The summed E-state index contributed by atoms with van der Waals surface area (Å²) in [5, 5.41) is 5.00. The summed E-state index contributed by atoms with van der Waals surface area (Å²) in [4.78, 5) is 26.8. The number of esters is 1. The maximum absolute atomic E-state index is 12.3. The molecular weight excluding hydrogens is 364 g/mol. The third-order valence-electron chi connectivity index (χ3n) is 5.21. The van der Waals surface area contributed by atoms with E-state index in [-0.39, 0.29) is 18.6 Å².